The van der Waals surface area contributed by atoms with Crippen molar-refractivity contribution in [1.82, 2.24) is 15.5 Å². The van der Waals surface area contributed by atoms with Gasteiger partial charge in [-0.1, -0.05) is 12.8 Å². The summed E-state index contributed by atoms with van der Waals surface area (Å²) in [6.45, 7) is 4.15. The lowest BCUT2D eigenvalue weighted by molar-refractivity contribution is -0.146. The molecule has 0 aromatic carbocycles. The van der Waals surface area contributed by atoms with Crippen molar-refractivity contribution in [3.63, 3.8) is 0 Å². The molecule has 0 aromatic heterocycles. The van der Waals surface area contributed by atoms with Gasteiger partial charge in [-0.15, -0.1) is 0 Å². The number of carbonyl (C=O) groups is 2. The summed E-state index contributed by atoms with van der Waals surface area (Å²) in [6.07, 6.45) is 11.0. The summed E-state index contributed by atoms with van der Waals surface area (Å²) in [4.78, 5) is 26.2. The number of carbonyl (C=O) groups excluding carboxylic acids is 2. The van der Waals surface area contributed by atoms with E-state index in [-0.39, 0.29) is 24.0 Å². The van der Waals surface area contributed by atoms with Crippen molar-refractivity contribution in [2.24, 2.45) is 17.8 Å². The van der Waals surface area contributed by atoms with E-state index in [1.165, 1.54) is 45.9 Å². The van der Waals surface area contributed by atoms with E-state index in [9.17, 15) is 9.59 Å². The smallest absolute Gasteiger partial charge is 0.317 e. The summed E-state index contributed by atoms with van der Waals surface area (Å²) in [5.74, 6) is 1.61. The molecule has 27 heavy (non-hydrogen) atoms. The van der Waals surface area contributed by atoms with Gasteiger partial charge in [0.25, 0.3) is 0 Å². The number of nitrogens with one attached hydrogen (secondary N) is 2. The topological polar surface area (TPSA) is 70.7 Å². The van der Waals surface area contributed by atoms with Crippen LogP contribution in [0.15, 0.2) is 0 Å². The van der Waals surface area contributed by atoms with Gasteiger partial charge in [0, 0.05) is 19.1 Å². The molecule has 154 valence electrons. The molecule has 0 spiro atoms. The average molecular weight is 380 g/mol. The van der Waals surface area contributed by atoms with E-state index in [1.807, 2.05) is 4.90 Å². The van der Waals surface area contributed by atoms with E-state index >= 15 is 0 Å². The van der Waals surface area contributed by atoms with E-state index < -0.39 is 0 Å². The van der Waals surface area contributed by atoms with Gasteiger partial charge in [-0.25, -0.2) is 4.79 Å². The van der Waals surface area contributed by atoms with E-state index in [2.05, 4.69) is 10.6 Å². The summed E-state index contributed by atoms with van der Waals surface area (Å²) in [6, 6.07) is 0.296. The number of amides is 2. The van der Waals surface area contributed by atoms with Crippen LogP contribution in [-0.4, -0.2) is 56.2 Å². The van der Waals surface area contributed by atoms with Crippen LogP contribution in [0.5, 0.6) is 0 Å². The number of hydrogen-bond donors (Lipinski definition) is 2. The van der Waals surface area contributed by atoms with Gasteiger partial charge < -0.3 is 20.3 Å². The van der Waals surface area contributed by atoms with Crippen LogP contribution < -0.4 is 10.6 Å². The first-order valence-corrected chi connectivity index (χ1v) is 11.0. The molecule has 1 aliphatic carbocycles. The molecular weight excluding hydrogens is 342 g/mol. The molecule has 2 heterocycles. The highest BCUT2D eigenvalue weighted by molar-refractivity contribution is 5.75. The normalized spacial score (nSPS) is 28.0. The standard InChI is InChI=1S/C21H37N3O3/c1-27-20(25)18-4-6-19(7-5-18)23-21(26)24-14-10-17(11-15-24)3-2-16-8-12-22-13-9-16/h16-19,22H,2-15H2,1H3,(H,23,26). The van der Waals surface area contributed by atoms with Crippen LogP contribution in [0.2, 0.25) is 0 Å². The third-order valence-corrected chi connectivity index (χ3v) is 6.93. The van der Waals surface area contributed by atoms with Gasteiger partial charge in [0.2, 0.25) is 0 Å². The highest BCUT2D eigenvalue weighted by Gasteiger charge is 2.29. The Labute approximate surface area is 163 Å². The first-order valence-electron chi connectivity index (χ1n) is 11.0. The minimum Gasteiger partial charge on any atom is -0.469 e. The van der Waals surface area contributed by atoms with Gasteiger partial charge in [-0.05, 0) is 76.3 Å². The number of nitrogens with zero attached hydrogens (tertiary/aromatic N) is 1. The molecule has 3 rings (SSSR count). The van der Waals surface area contributed by atoms with Crippen LogP contribution >= 0.6 is 0 Å². The molecule has 0 unspecified atom stereocenters. The molecule has 2 amide bonds. The fraction of sp³-hybridized carbons (Fsp3) is 0.905. The van der Waals surface area contributed by atoms with E-state index in [0.717, 1.165) is 63.5 Å². The number of rotatable bonds is 5. The molecule has 0 bridgehead atoms. The van der Waals surface area contributed by atoms with Crippen molar-refractivity contribution in [1.29, 1.82) is 0 Å². The zero-order valence-corrected chi connectivity index (χ0v) is 16.9. The van der Waals surface area contributed by atoms with Crippen molar-refractivity contribution in [3.05, 3.63) is 0 Å². The molecule has 2 aliphatic heterocycles. The zero-order valence-electron chi connectivity index (χ0n) is 16.9. The van der Waals surface area contributed by atoms with E-state index in [4.69, 9.17) is 4.74 Å². The maximum Gasteiger partial charge on any atom is 0.317 e. The SMILES string of the molecule is COC(=O)C1CCC(NC(=O)N2CCC(CCC3CCNCC3)CC2)CC1. The number of methoxy groups -OCH3 is 1. The summed E-state index contributed by atoms with van der Waals surface area (Å²) >= 11 is 0. The van der Waals surface area contributed by atoms with Crippen LogP contribution in [0.25, 0.3) is 0 Å². The molecule has 3 aliphatic rings. The maximum atomic E-state index is 12.6. The number of ether oxygens (including phenoxy) is 1. The molecule has 0 aromatic rings. The second-order valence-corrected chi connectivity index (χ2v) is 8.72. The first-order chi connectivity index (χ1) is 13.2. The lowest BCUT2D eigenvalue weighted by Gasteiger charge is -2.35. The Balaban J connectivity index is 1.31. The van der Waals surface area contributed by atoms with E-state index in [1.54, 1.807) is 0 Å². The molecule has 2 saturated heterocycles. The Morgan fingerprint density at radius 2 is 1.52 bits per heavy atom. The van der Waals surface area contributed by atoms with Crippen molar-refractivity contribution in [3.8, 4) is 0 Å². The second kappa shape index (κ2) is 10.3. The maximum absolute atomic E-state index is 12.6. The number of likely N-dealkylation sites (tertiary alicyclic amines) is 1. The molecule has 3 fully saturated rings. The van der Waals surface area contributed by atoms with Crippen LogP contribution in [0.3, 0.4) is 0 Å². The van der Waals surface area contributed by atoms with Gasteiger partial charge in [0.05, 0.1) is 13.0 Å². The third kappa shape index (κ3) is 6.09. The second-order valence-electron chi connectivity index (χ2n) is 8.72. The molecule has 0 radical (unpaired) electrons. The monoisotopic (exact) mass is 379 g/mol. The summed E-state index contributed by atoms with van der Waals surface area (Å²) < 4.78 is 4.83. The van der Waals surface area contributed by atoms with Crippen molar-refractivity contribution in [2.45, 2.75) is 70.3 Å². The van der Waals surface area contributed by atoms with Gasteiger partial charge in [0.15, 0.2) is 0 Å². The minimum atomic E-state index is -0.105. The minimum absolute atomic E-state index is 0.0128. The summed E-state index contributed by atoms with van der Waals surface area (Å²) in [7, 11) is 1.45. The fourth-order valence-electron chi connectivity index (χ4n) is 4.97. The quantitative estimate of drug-likeness (QED) is 0.721. The highest BCUT2D eigenvalue weighted by atomic mass is 16.5. The van der Waals surface area contributed by atoms with Gasteiger partial charge in [0.1, 0.15) is 0 Å². The van der Waals surface area contributed by atoms with Crippen molar-refractivity contribution < 1.29 is 14.3 Å². The Morgan fingerprint density at radius 1 is 0.926 bits per heavy atom. The number of esters is 1. The Hall–Kier alpha value is -1.30. The lowest BCUT2D eigenvalue weighted by atomic mass is 9.85. The summed E-state index contributed by atoms with van der Waals surface area (Å²) in [5, 5.41) is 6.63. The number of urea groups is 1. The third-order valence-electron chi connectivity index (χ3n) is 6.93. The highest BCUT2D eigenvalue weighted by Crippen LogP contribution is 2.28. The van der Waals surface area contributed by atoms with Crippen molar-refractivity contribution >= 4 is 12.0 Å². The first kappa shape index (κ1) is 20.4. The lowest BCUT2D eigenvalue weighted by Crippen LogP contribution is -2.49. The molecule has 6 nitrogen and oxygen atoms in total. The Morgan fingerprint density at radius 3 is 2.11 bits per heavy atom. The predicted octanol–water partition coefficient (Wildman–Crippen LogP) is 2.92. The van der Waals surface area contributed by atoms with Gasteiger partial charge >= 0.3 is 12.0 Å². The van der Waals surface area contributed by atoms with Gasteiger partial charge in [-0.2, -0.15) is 0 Å². The van der Waals surface area contributed by atoms with E-state index in [0.29, 0.717) is 0 Å². The Kier molecular flexibility index (Phi) is 7.80. The van der Waals surface area contributed by atoms with Crippen LogP contribution in [0, 0.1) is 17.8 Å². The fourth-order valence-corrected chi connectivity index (χ4v) is 4.97. The van der Waals surface area contributed by atoms with Crippen LogP contribution in [0.4, 0.5) is 4.79 Å². The molecule has 0 atom stereocenters. The molecular formula is C21H37N3O3. The van der Waals surface area contributed by atoms with Gasteiger partial charge in [-0.3, -0.25) is 4.79 Å². The Bertz CT molecular complexity index is 477. The van der Waals surface area contributed by atoms with Crippen LogP contribution in [0.1, 0.15) is 64.2 Å². The zero-order chi connectivity index (χ0) is 19.1. The largest absolute Gasteiger partial charge is 0.469 e. The van der Waals surface area contributed by atoms with Crippen LogP contribution in [-0.2, 0) is 9.53 Å². The van der Waals surface area contributed by atoms with Crippen molar-refractivity contribution in [2.75, 3.05) is 33.3 Å². The molecule has 2 N–H and O–H groups in total. The predicted molar refractivity (Wildman–Crippen MR) is 105 cm³/mol. The number of hydrogen-bond acceptors (Lipinski definition) is 4. The average Bonchev–Trinajstić information content (AvgIpc) is 2.73. The molecule has 1 saturated carbocycles. The molecule has 6 heteroatoms. The number of piperidine rings is 2. The summed E-state index contributed by atoms with van der Waals surface area (Å²) in [5.41, 5.74) is 0.